The SMILES string of the molecule is O=C(Cn1cc(Cl)cn1)N1CCC[C@@H](c2cc3nc(C(F)(F)F)ccc3[nH]2)C1. The number of rotatable bonds is 3. The highest BCUT2D eigenvalue weighted by atomic mass is 35.5. The highest BCUT2D eigenvalue weighted by Gasteiger charge is 2.33. The highest BCUT2D eigenvalue weighted by molar-refractivity contribution is 6.30. The zero-order valence-corrected chi connectivity index (χ0v) is 15.5. The maximum absolute atomic E-state index is 12.9. The fourth-order valence-electron chi connectivity index (χ4n) is 3.53. The number of likely N-dealkylation sites (tertiary alicyclic amines) is 1. The van der Waals surface area contributed by atoms with Crippen molar-refractivity contribution in [2.24, 2.45) is 0 Å². The summed E-state index contributed by atoms with van der Waals surface area (Å²) in [7, 11) is 0. The molecule has 3 aromatic heterocycles. The van der Waals surface area contributed by atoms with Gasteiger partial charge < -0.3 is 9.88 Å². The summed E-state index contributed by atoms with van der Waals surface area (Å²) in [6.07, 6.45) is 0.237. The average molecular weight is 412 g/mol. The minimum atomic E-state index is -4.48. The van der Waals surface area contributed by atoms with Crippen molar-refractivity contribution in [3.63, 3.8) is 0 Å². The topological polar surface area (TPSA) is 66.8 Å². The lowest BCUT2D eigenvalue weighted by Gasteiger charge is -2.32. The van der Waals surface area contributed by atoms with Gasteiger partial charge >= 0.3 is 6.18 Å². The number of aromatic amines is 1. The van der Waals surface area contributed by atoms with Crippen LogP contribution in [-0.4, -0.2) is 43.6 Å². The number of alkyl halides is 3. The summed E-state index contributed by atoms with van der Waals surface area (Å²) in [6, 6.07) is 4.01. The number of fused-ring (bicyclic) bond motifs is 1. The first-order valence-corrected chi connectivity index (χ1v) is 9.20. The second kappa shape index (κ2) is 7.12. The molecule has 1 aliphatic rings. The molecule has 0 saturated carbocycles. The standard InChI is InChI=1S/C18H17ClF3N5O/c19-12-7-23-27(9-12)10-17(28)26-5-1-2-11(8-26)14-6-15-13(24-14)3-4-16(25-15)18(20,21)22/h3-4,6-7,9,11,24H,1-2,5,8,10H2/t11-/m1/s1. The molecule has 1 amide bonds. The largest absolute Gasteiger partial charge is 0.433 e. The van der Waals surface area contributed by atoms with Gasteiger partial charge in [-0.2, -0.15) is 18.3 Å². The Morgan fingerprint density at radius 2 is 2.18 bits per heavy atom. The van der Waals surface area contributed by atoms with E-state index in [2.05, 4.69) is 15.1 Å². The predicted molar refractivity (Wildman–Crippen MR) is 96.9 cm³/mol. The fourth-order valence-corrected chi connectivity index (χ4v) is 3.68. The lowest BCUT2D eigenvalue weighted by molar-refractivity contribution is -0.141. The molecule has 148 valence electrons. The molecule has 1 N–H and O–H groups in total. The molecule has 1 fully saturated rings. The maximum Gasteiger partial charge on any atom is 0.433 e. The van der Waals surface area contributed by atoms with Gasteiger partial charge in [-0.05, 0) is 31.0 Å². The van der Waals surface area contributed by atoms with Crippen molar-refractivity contribution in [3.05, 3.63) is 47.0 Å². The Morgan fingerprint density at radius 3 is 2.89 bits per heavy atom. The molecule has 4 rings (SSSR count). The van der Waals surface area contributed by atoms with Gasteiger partial charge in [-0.1, -0.05) is 11.6 Å². The summed E-state index contributed by atoms with van der Waals surface area (Å²) in [6.45, 7) is 1.23. The van der Waals surface area contributed by atoms with Crippen molar-refractivity contribution in [1.29, 1.82) is 0 Å². The number of aromatic nitrogens is 4. The molecule has 0 unspecified atom stereocenters. The van der Waals surface area contributed by atoms with E-state index in [4.69, 9.17) is 11.6 Å². The number of pyridine rings is 1. The van der Waals surface area contributed by atoms with Crippen LogP contribution in [0.5, 0.6) is 0 Å². The number of carbonyl (C=O) groups excluding carboxylic acids is 1. The lowest BCUT2D eigenvalue weighted by atomic mass is 9.95. The molecular weight excluding hydrogens is 395 g/mol. The average Bonchev–Trinajstić information content (AvgIpc) is 3.26. The Kier molecular flexibility index (Phi) is 4.78. The summed E-state index contributed by atoms with van der Waals surface area (Å²) >= 11 is 5.82. The number of halogens is 4. The number of carbonyl (C=O) groups is 1. The van der Waals surface area contributed by atoms with Crippen LogP contribution in [0.15, 0.2) is 30.6 Å². The number of hydrogen-bond donors (Lipinski definition) is 1. The Labute approximate surface area is 163 Å². The van der Waals surface area contributed by atoms with E-state index in [9.17, 15) is 18.0 Å². The van der Waals surface area contributed by atoms with Gasteiger partial charge in [0.1, 0.15) is 12.2 Å². The van der Waals surface area contributed by atoms with Crippen LogP contribution in [0.2, 0.25) is 5.02 Å². The Bertz CT molecular complexity index is 1010. The molecule has 28 heavy (non-hydrogen) atoms. The van der Waals surface area contributed by atoms with Crippen molar-refractivity contribution in [1.82, 2.24) is 24.6 Å². The minimum absolute atomic E-state index is 0.0162. The summed E-state index contributed by atoms with van der Waals surface area (Å²) in [4.78, 5) is 21.2. The van der Waals surface area contributed by atoms with Gasteiger partial charge in [-0.25, -0.2) is 4.98 Å². The van der Waals surface area contributed by atoms with Crippen LogP contribution in [0, 0.1) is 0 Å². The van der Waals surface area contributed by atoms with Gasteiger partial charge in [0, 0.05) is 30.9 Å². The molecule has 10 heteroatoms. The zero-order valence-electron chi connectivity index (χ0n) is 14.7. The molecule has 3 aromatic rings. The van der Waals surface area contributed by atoms with Crippen LogP contribution < -0.4 is 0 Å². The molecule has 0 aliphatic carbocycles. The second-order valence-electron chi connectivity index (χ2n) is 6.89. The first-order chi connectivity index (χ1) is 13.3. The van der Waals surface area contributed by atoms with E-state index in [1.165, 1.54) is 16.9 Å². The molecular formula is C18H17ClF3N5O. The predicted octanol–water partition coefficient (Wildman–Crippen LogP) is 3.84. The first kappa shape index (κ1) is 18.8. The summed E-state index contributed by atoms with van der Waals surface area (Å²) in [5.41, 5.74) is 0.711. The van der Waals surface area contributed by atoms with Crippen molar-refractivity contribution in [2.75, 3.05) is 13.1 Å². The summed E-state index contributed by atoms with van der Waals surface area (Å²) in [5, 5.41) is 4.48. The van der Waals surface area contributed by atoms with Gasteiger partial charge in [0.05, 0.1) is 22.3 Å². The second-order valence-corrected chi connectivity index (χ2v) is 7.32. The van der Waals surface area contributed by atoms with Gasteiger partial charge in [0.2, 0.25) is 5.91 Å². The van der Waals surface area contributed by atoms with Gasteiger partial charge in [-0.15, -0.1) is 0 Å². The van der Waals surface area contributed by atoms with Gasteiger partial charge in [0.15, 0.2) is 0 Å². The molecule has 4 heterocycles. The van der Waals surface area contributed by atoms with Crippen LogP contribution >= 0.6 is 11.6 Å². The van der Waals surface area contributed by atoms with Crippen LogP contribution in [0.25, 0.3) is 11.0 Å². The molecule has 1 atom stereocenters. The van der Waals surface area contributed by atoms with Gasteiger partial charge in [-0.3, -0.25) is 9.48 Å². The zero-order chi connectivity index (χ0) is 19.9. The Hall–Kier alpha value is -2.55. The minimum Gasteiger partial charge on any atom is -0.357 e. The number of H-pyrrole nitrogens is 1. The molecule has 6 nitrogen and oxygen atoms in total. The van der Waals surface area contributed by atoms with Crippen LogP contribution in [-0.2, 0) is 17.5 Å². The smallest absolute Gasteiger partial charge is 0.357 e. The number of amides is 1. The van der Waals surface area contributed by atoms with E-state index in [1.807, 2.05) is 0 Å². The molecule has 0 bridgehead atoms. The summed E-state index contributed by atoms with van der Waals surface area (Å²) in [5.74, 6) is -0.0551. The third-order valence-corrected chi connectivity index (χ3v) is 5.09. The Morgan fingerprint density at radius 1 is 1.36 bits per heavy atom. The molecule has 1 aliphatic heterocycles. The van der Waals surface area contributed by atoms with Crippen LogP contribution in [0.4, 0.5) is 13.2 Å². The van der Waals surface area contributed by atoms with E-state index >= 15 is 0 Å². The number of nitrogens with zero attached hydrogens (tertiary/aromatic N) is 4. The van der Waals surface area contributed by atoms with E-state index in [0.717, 1.165) is 24.6 Å². The van der Waals surface area contributed by atoms with Crippen LogP contribution in [0.1, 0.15) is 30.1 Å². The van der Waals surface area contributed by atoms with E-state index in [0.29, 0.717) is 23.6 Å². The summed E-state index contributed by atoms with van der Waals surface area (Å²) < 4.78 is 40.1. The monoisotopic (exact) mass is 411 g/mol. The lowest BCUT2D eigenvalue weighted by Crippen LogP contribution is -2.41. The third-order valence-electron chi connectivity index (χ3n) is 4.90. The van der Waals surface area contributed by atoms with Gasteiger partial charge in [0.25, 0.3) is 0 Å². The molecule has 0 aromatic carbocycles. The molecule has 0 radical (unpaired) electrons. The van der Waals surface area contributed by atoms with E-state index in [-0.39, 0.29) is 23.9 Å². The van der Waals surface area contributed by atoms with Crippen molar-refractivity contribution in [2.45, 2.75) is 31.5 Å². The van der Waals surface area contributed by atoms with Crippen molar-refractivity contribution >= 4 is 28.5 Å². The maximum atomic E-state index is 12.9. The number of piperidine rings is 1. The van der Waals surface area contributed by atoms with E-state index < -0.39 is 11.9 Å². The molecule has 1 saturated heterocycles. The normalized spacial score (nSPS) is 18.0. The van der Waals surface area contributed by atoms with Crippen molar-refractivity contribution < 1.29 is 18.0 Å². The Balaban J connectivity index is 1.50. The quantitative estimate of drug-likeness (QED) is 0.712. The molecule has 0 spiro atoms. The highest BCUT2D eigenvalue weighted by Crippen LogP contribution is 2.32. The first-order valence-electron chi connectivity index (χ1n) is 8.82. The van der Waals surface area contributed by atoms with E-state index in [1.54, 1.807) is 17.2 Å². The number of nitrogens with one attached hydrogen (secondary N) is 1. The fraction of sp³-hybridized carbons (Fsp3) is 0.389. The third kappa shape index (κ3) is 3.84. The van der Waals surface area contributed by atoms with Crippen LogP contribution in [0.3, 0.4) is 0 Å². The number of hydrogen-bond acceptors (Lipinski definition) is 3. The van der Waals surface area contributed by atoms with Crippen molar-refractivity contribution in [3.8, 4) is 0 Å².